The van der Waals surface area contributed by atoms with Crippen LogP contribution in [0.2, 0.25) is 0 Å². The zero-order chi connectivity index (χ0) is 16.7. The van der Waals surface area contributed by atoms with E-state index in [4.69, 9.17) is 5.73 Å². The summed E-state index contributed by atoms with van der Waals surface area (Å²) in [4.78, 5) is 28.9. The second kappa shape index (κ2) is 8.85. The number of carbonyl (C=O) groups is 2. The molecule has 0 bridgehead atoms. The average molecular weight is 326 g/mol. The van der Waals surface area contributed by atoms with Gasteiger partial charge in [0.05, 0.1) is 12.1 Å². The molecule has 6 nitrogen and oxygen atoms in total. The van der Waals surface area contributed by atoms with E-state index in [1.807, 2.05) is 31.9 Å². The van der Waals surface area contributed by atoms with Crippen molar-refractivity contribution < 1.29 is 9.59 Å². The molecule has 0 aliphatic rings. The summed E-state index contributed by atoms with van der Waals surface area (Å²) in [6.45, 7) is 7.76. The second-order valence-corrected chi connectivity index (χ2v) is 6.08. The van der Waals surface area contributed by atoms with Crippen LogP contribution in [0.25, 0.3) is 0 Å². The Morgan fingerprint density at radius 1 is 1.32 bits per heavy atom. The second-order valence-electron chi connectivity index (χ2n) is 5.10. The number of amides is 2. The van der Waals surface area contributed by atoms with Crippen LogP contribution in [0, 0.1) is 6.92 Å². The van der Waals surface area contributed by atoms with Crippen LogP contribution in [0.3, 0.4) is 0 Å². The SMILES string of the molecule is CCN(CC)CC(=O)Nc1[nH]c(CCSC)c(C)c1C(N)=O. The van der Waals surface area contributed by atoms with Crippen molar-refractivity contribution >= 4 is 29.4 Å². The summed E-state index contributed by atoms with van der Waals surface area (Å²) in [6, 6.07) is 0. The smallest absolute Gasteiger partial charge is 0.252 e. The molecule has 0 atom stereocenters. The monoisotopic (exact) mass is 326 g/mol. The summed E-state index contributed by atoms with van der Waals surface area (Å²) in [5, 5.41) is 2.78. The van der Waals surface area contributed by atoms with Gasteiger partial charge in [-0.05, 0) is 44.0 Å². The molecule has 124 valence electrons. The third-order valence-corrected chi connectivity index (χ3v) is 4.29. The van der Waals surface area contributed by atoms with E-state index in [1.54, 1.807) is 11.8 Å². The van der Waals surface area contributed by atoms with Crippen molar-refractivity contribution in [3.05, 3.63) is 16.8 Å². The van der Waals surface area contributed by atoms with Gasteiger partial charge in [0.1, 0.15) is 5.82 Å². The quantitative estimate of drug-likeness (QED) is 0.643. The number of nitrogens with one attached hydrogen (secondary N) is 2. The number of H-pyrrole nitrogens is 1. The number of primary amides is 1. The standard InChI is InChI=1S/C15H26N4O2S/c1-5-19(6-2)9-12(20)18-15-13(14(16)21)10(3)11(17-15)7-8-22-4/h17H,5-9H2,1-4H3,(H2,16,21)(H,18,20). The molecule has 0 spiro atoms. The minimum absolute atomic E-state index is 0.149. The Kier molecular flexibility index (Phi) is 7.47. The lowest BCUT2D eigenvalue weighted by Gasteiger charge is -2.17. The fourth-order valence-corrected chi connectivity index (χ4v) is 2.74. The third kappa shape index (κ3) is 4.78. The molecule has 0 aromatic carbocycles. The predicted octanol–water partition coefficient (Wildman–Crippen LogP) is 1.61. The first kappa shape index (κ1) is 18.6. The van der Waals surface area contributed by atoms with Crippen LogP contribution < -0.4 is 11.1 Å². The first-order valence-electron chi connectivity index (χ1n) is 7.46. The van der Waals surface area contributed by atoms with Gasteiger partial charge in [-0.25, -0.2) is 0 Å². The van der Waals surface area contributed by atoms with E-state index in [0.717, 1.165) is 36.5 Å². The molecule has 1 rings (SSSR count). The van der Waals surface area contributed by atoms with Gasteiger partial charge in [-0.15, -0.1) is 0 Å². The van der Waals surface area contributed by atoms with Crippen LogP contribution in [0.4, 0.5) is 5.82 Å². The number of aryl methyl sites for hydroxylation is 1. The van der Waals surface area contributed by atoms with Gasteiger partial charge in [0, 0.05) is 5.69 Å². The van der Waals surface area contributed by atoms with Crippen LogP contribution in [-0.4, -0.2) is 53.3 Å². The number of anilines is 1. The largest absolute Gasteiger partial charge is 0.365 e. The van der Waals surface area contributed by atoms with E-state index in [1.165, 1.54) is 0 Å². The highest BCUT2D eigenvalue weighted by Crippen LogP contribution is 2.23. The summed E-state index contributed by atoms with van der Waals surface area (Å²) >= 11 is 1.73. The third-order valence-electron chi connectivity index (χ3n) is 3.68. The maximum Gasteiger partial charge on any atom is 0.252 e. The summed E-state index contributed by atoms with van der Waals surface area (Å²) < 4.78 is 0. The molecule has 0 radical (unpaired) electrons. The first-order valence-corrected chi connectivity index (χ1v) is 8.86. The number of carbonyl (C=O) groups excluding carboxylic acids is 2. The highest BCUT2D eigenvalue weighted by atomic mass is 32.2. The minimum atomic E-state index is -0.526. The van der Waals surface area contributed by atoms with Crippen LogP contribution in [-0.2, 0) is 11.2 Å². The Bertz CT molecular complexity index is 524. The number of hydrogen-bond donors (Lipinski definition) is 3. The maximum atomic E-state index is 12.1. The number of hydrogen-bond acceptors (Lipinski definition) is 4. The molecule has 4 N–H and O–H groups in total. The van der Waals surface area contributed by atoms with Crippen molar-refractivity contribution in [1.29, 1.82) is 0 Å². The van der Waals surface area contributed by atoms with Crippen molar-refractivity contribution in [2.24, 2.45) is 5.73 Å². The number of aromatic nitrogens is 1. The summed E-state index contributed by atoms with van der Waals surface area (Å²) in [5.74, 6) is 0.677. The molecule has 22 heavy (non-hydrogen) atoms. The van der Waals surface area contributed by atoms with E-state index in [-0.39, 0.29) is 5.91 Å². The van der Waals surface area contributed by atoms with Gasteiger partial charge in [-0.1, -0.05) is 13.8 Å². The zero-order valence-corrected chi connectivity index (χ0v) is 14.6. The number of thioether (sulfide) groups is 1. The molecule has 1 heterocycles. The minimum Gasteiger partial charge on any atom is -0.365 e. The van der Waals surface area contributed by atoms with Crippen molar-refractivity contribution in [3.63, 3.8) is 0 Å². The number of aromatic amines is 1. The number of rotatable bonds is 9. The Labute approximate surface area is 136 Å². The molecule has 0 saturated heterocycles. The molecule has 0 aliphatic carbocycles. The fourth-order valence-electron chi connectivity index (χ4n) is 2.33. The molecule has 1 aromatic heterocycles. The number of nitrogens with two attached hydrogens (primary N) is 1. The van der Waals surface area contributed by atoms with E-state index in [0.29, 0.717) is 17.9 Å². The summed E-state index contributed by atoms with van der Waals surface area (Å²) in [5.41, 5.74) is 7.60. The molecular formula is C15H26N4O2S. The lowest BCUT2D eigenvalue weighted by Crippen LogP contribution is -2.33. The zero-order valence-electron chi connectivity index (χ0n) is 13.8. The van der Waals surface area contributed by atoms with Gasteiger partial charge in [0.15, 0.2) is 0 Å². The van der Waals surface area contributed by atoms with Crippen molar-refractivity contribution in [2.45, 2.75) is 27.2 Å². The Morgan fingerprint density at radius 2 is 1.95 bits per heavy atom. The Morgan fingerprint density at radius 3 is 2.45 bits per heavy atom. The predicted molar refractivity (Wildman–Crippen MR) is 92.6 cm³/mol. The van der Waals surface area contributed by atoms with Crippen LogP contribution >= 0.6 is 11.8 Å². The van der Waals surface area contributed by atoms with Gasteiger partial charge in [-0.2, -0.15) is 11.8 Å². The van der Waals surface area contributed by atoms with Gasteiger partial charge in [0.2, 0.25) is 5.91 Å². The molecule has 1 aromatic rings. The summed E-state index contributed by atoms with van der Waals surface area (Å²) in [6.07, 6.45) is 2.83. The lowest BCUT2D eigenvalue weighted by molar-refractivity contribution is -0.117. The van der Waals surface area contributed by atoms with Gasteiger partial charge in [-0.3, -0.25) is 14.5 Å². The maximum absolute atomic E-state index is 12.1. The van der Waals surface area contributed by atoms with Gasteiger partial charge >= 0.3 is 0 Å². The van der Waals surface area contributed by atoms with Crippen LogP contribution in [0.1, 0.15) is 35.5 Å². The van der Waals surface area contributed by atoms with E-state index in [2.05, 4.69) is 10.3 Å². The normalized spacial score (nSPS) is 11.0. The number of likely N-dealkylation sites (N-methyl/N-ethyl adjacent to an activating group) is 1. The lowest BCUT2D eigenvalue weighted by atomic mass is 10.1. The van der Waals surface area contributed by atoms with Crippen molar-refractivity contribution in [1.82, 2.24) is 9.88 Å². The Hall–Kier alpha value is -1.47. The molecular weight excluding hydrogens is 300 g/mol. The number of nitrogens with zero attached hydrogens (tertiary/aromatic N) is 1. The molecule has 2 amide bonds. The average Bonchev–Trinajstić information content (AvgIpc) is 2.78. The van der Waals surface area contributed by atoms with Crippen LogP contribution in [0.15, 0.2) is 0 Å². The Balaban J connectivity index is 2.93. The topological polar surface area (TPSA) is 91.2 Å². The van der Waals surface area contributed by atoms with Gasteiger partial charge in [0.25, 0.3) is 5.91 Å². The van der Waals surface area contributed by atoms with Crippen LogP contribution in [0.5, 0.6) is 0 Å². The van der Waals surface area contributed by atoms with Crippen molar-refractivity contribution in [3.8, 4) is 0 Å². The molecule has 7 heteroatoms. The van der Waals surface area contributed by atoms with Crippen molar-refractivity contribution in [2.75, 3.05) is 37.0 Å². The fraction of sp³-hybridized carbons (Fsp3) is 0.600. The molecule has 0 saturated carbocycles. The van der Waals surface area contributed by atoms with E-state index in [9.17, 15) is 9.59 Å². The highest BCUT2D eigenvalue weighted by Gasteiger charge is 2.20. The first-order chi connectivity index (χ1) is 10.4. The highest BCUT2D eigenvalue weighted by molar-refractivity contribution is 7.98. The molecule has 0 aliphatic heterocycles. The molecule has 0 unspecified atom stereocenters. The summed E-state index contributed by atoms with van der Waals surface area (Å²) in [7, 11) is 0. The molecule has 0 fully saturated rings. The van der Waals surface area contributed by atoms with Gasteiger partial charge < -0.3 is 16.0 Å². The van der Waals surface area contributed by atoms with E-state index >= 15 is 0 Å². The van der Waals surface area contributed by atoms with E-state index < -0.39 is 5.91 Å².